The maximum absolute atomic E-state index is 13.7. The maximum Gasteiger partial charge on any atom is 0.257 e. The van der Waals surface area contributed by atoms with Crippen LogP contribution in [0.15, 0.2) is 47.8 Å². The van der Waals surface area contributed by atoms with Crippen LogP contribution in [0.5, 0.6) is 0 Å². The van der Waals surface area contributed by atoms with Gasteiger partial charge in [0.2, 0.25) is 4.96 Å². The predicted molar refractivity (Wildman–Crippen MR) is 98.7 cm³/mol. The molecular weight excluding hydrogens is 389 g/mol. The SMILES string of the molecule is O=C(NCCc1csc2nc(-c3cccc(F)c3)nn12)c1c(F)cccc1F. The minimum absolute atomic E-state index is 0.160. The number of amides is 1. The van der Waals surface area contributed by atoms with Crippen molar-refractivity contribution >= 4 is 22.2 Å². The normalized spacial score (nSPS) is 11.1. The summed E-state index contributed by atoms with van der Waals surface area (Å²) in [4.78, 5) is 17.0. The second-order valence-electron chi connectivity index (χ2n) is 5.97. The third-order valence-corrected chi connectivity index (χ3v) is 4.95. The lowest BCUT2D eigenvalue weighted by Crippen LogP contribution is -2.27. The number of benzene rings is 2. The summed E-state index contributed by atoms with van der Waals surface area (Å²) >= 11 is 1.36. The van der Waals surface area contributed by atoms with Gasteiger partial charge < -0.3 is 5.32 Å². The topological polar surface area (TPSA) is 59.3 Å². The van der Waals surface area contributed by atoms with Gasteiger partial charge in [0.05, 0.1) is 5.69 Å². The van der Waals surface area contributed by atoms with E-state index in [0.717, 1.165) is 17.8 Å². The van der Waals surface area contributed by atoms with Crippen LogP contribution in [-0.4, -0.2) is 27.0 Å². The second-order valence-corrected chi connectivity index (χ2v) is 6.81. The monoisotopic (exact) mass is 402 g/mol. The Bertz CT molecular complexity index is 1150. The van der Waals surface area contributed by atoms with Crippen LogP contribution < -0.4 is 5.32 Å². The molecule has 0 aliphatic carbocycles. The molecule has 0 aliphatic rings. The third kappa shape index (κ3) is 3.48. The zero-order chi connectivity index (χ0) is 19.7. The van der Waals surface area contributed by atoms with E-state index in [1.807, 2.05) is 5.38 Å². The first kappa shape index (κ1) is 18.2. The Hall–Kier alpha value is -3.20. The van der Waals surface area contributed by atoms with Crippen LogP contribution >= 0.6 is 11.3 Å². The molecule has 5 nitrogen and oxygen atoms in total. The van der Waals surface area contributed by atoms with Gasteiger partial charge in [-0.3, -0.25) is 4.79 Å². The molecule has 4 aromatic rings. The molecule has 2 aromatic heterocycles. The van der Waals surface area contributed by atoms with Crippen LogP contribution in [0.3, 0.4) is 0 Å². The fourth-order valence-electron chi connectivity index (χ4n) is 2.75. The lowest BCUT2D eigenvalue weighted by molar-refractivity contribution is 0.0945. The van der Waals surface area contributed by atoms with Crippen molar-refractivity contribution in [1.82, 2.24) is 19.9 Å². The second kappa shape index (κ2) is 7.43. The van der Waals surface area contributed by atoms with Crippen LogP contribution in [0, 0.1) is 17.5 Å². The number of thiazole rings is 1. The van der Waals surface area contributed by atoms with Crippen molar-refractivity contribution in [3.8, 4) is 11.4 Å². The molecule has 0 spiro atoms. The first-order chi connectivity index (χ1) is 13.5. The molecule has 0 saturated carbocycles. The molecule has 2 aromatic carbocycles. The molecule has 9 heteroatoms. The molecule has 0 bridgehead atoms. The van der Waals surface area contributed by atoms with E-state index in [1.54, 1.807) is 16.6 Å². The van der Waals surface area contributed by atoms with Crippen LogP contribution in [0.4, 0.5) is 13.2 Å². The highest BCUT2D eigenvalue weighted by Crippen LogP contribution is 2.21. The predicted octanol–water partition coefficient (Wildman–Crippen LogP) is 3.85. The number of carbonyl (C=O) groups excluding carboxylic acids is 1. The minimum atomic E-state index is -0.911. The summed E-state index contributed by atoms with van der Waals surface area (Å²) in [7, 11) is 0. The molecule has 0 saturated heterocycles. The zero-order valence-electron chi connectivity index (χ0n) is 14.3. The highest BCUT2D eigenvalue weighted by Gasteiger charge is 2.17. The van der Waals surface area contributed by atoms with Crippen molar-refractivity contribution in [1.29, 1.82) is 0 Å². The van der Waals surface area contributed by atoms with Gasteiger partial charge in [0.15, 0.2) is 5.82 Å². The Kier molecular flexibility index (Phi) is 4.82. The minimum Gasteiger partial charge on any atom is -0.351 e. The largest absolute Gasteiger partial charge is 0.351 e. The first-order valence-corrected chi connectivity index (χ1v) is 9.22. The number of hydrogen-bond acceptors (Lipinski definition) is 4. The fourth-order valence-corrected chi connectivity index (χ4v) is 3.61. The molecular formula is C19H13F3N4OS. The van der Waals surface area contributed by atoms with Crippen LogP contribution in [0.2, 0.25) is 0 Å². The zero-order valence-corrected chi connectivity index (χ0v) is 15.1. The Morgan fingerprint density at radius 1 is 1.11 bits per heavy atom. The van der Waals surface area contributed by atoms with Gasteiger partial charge in [-0.05, 0) is 24.3 Å². The Morgan fingerprint density at radius 3 is 2.61 bits per heavy atom. The van der Waals surface area contributed by atoms with Gasteiger partial charge in [-0.15, -0.1) is 16.4 Å². The number of nitrogens with one attached hydrogen (secondary N) is 1. The number of rotatable bonds is 5. The maximum atomic E-state index is 13.7. The number of halogens is 3. The summed E-state index contributed by atoms with van der Waals surface area (Å²) in [6.07, 6.45) is 0.383. The molecule has 0 aliphatic heterocycles. The average Bonchev–Trinajstić information content (AvgIpc) is 3.23. The van der Waals surface area contributed by atoms with Gasteiger partial charge in [-0.1, -0.05) is 18.2 Å². The highest BCUT2D eigenvalue weighted by atomic mass is 32.1. The first-order valence-electron chi connectivity index (χ1n) is 8.34. The van der Waals surface area contributed by atoms with Crippen molar-refractivity contribution in [3.05, 3.63) is 76.6 Å². The van der Waals surface area contributed by atoms with Gasteiger partial charge in [-0.2, -0.15) is 4.98 Å². The summed E-state index contributed by atoms with van der Waals surface area (Å²) in [5, 5.41) is 8.72. The van der Waals surface area contributed by atoms with E-state index >= 15 is 0 Å². The standard InChI is InChI=1S/C19H13F3N4OS/c20-12-4-1-3-11(9-12)17-24-19-26(25-17)13(10-28-19)7-8-23-18(27)16-14(21)5-2-6-15(16)22/h1-6,9-10H,7-8H2,(H,23,27). The lowest BCUT2D eigenvalue weighted by Gasteiger charge is -2.06. The number of hydrogen-bond donors (Lipinski definition) is 1. The van der Waals surface area contributed by atoms with E-state index in [2.05, 4.69) is 15.4 Å². The highest BCUT2D eigenvalue weighted by molar-refractivity contribution is 7.15. The van der Waals surface area contributed by atoms with Gasteiger partial charge in [-0.25, -0.2) is 17.7 Å². The van der Waals surface area contributed by atoms with E-state index in [9.17, 15) is 18.0 Å². The Morgan fingerprint density at radius 2 is 1.86 bits per heavy atom. The van der Waals surface area contributed by atoms with Gasteiger partial charge >= 0.3 is 0 Å². The van der Waals surface area contributed by atoms with E-state index in [-0.39, 0.29) is 12.4 Å². The van der Waals surface area contributed by atoms with Crippen molar-refractivity contribution in [2.24, 2.45) is 0 Å². The molecule has 142 valence electrons. The number of aromatic nitrogens is 3. The van der Waals surface area contributed by atoms with Crippen molar-refractivity contribution in [2.45, 2.75) is 6.42 Å². The van der Waals surface area contributed by atoms with E-state index in [4.69, 9.17) is 0 Å². The van der Waals surface area contributed by atoms with Crippen molar-refractivity contribution in [2.75, 3.05) is 6.54 Å². The van der Waals surface area contributed by atoms with E-state index in [0.29, 0.717) is 22.8 Å². The summed E-state index contributed by atoms with van der Waals surface area (Å²) in [6, 6.07) is 9.25. The molecule has 0 atom stereocenters. The lowest BCUT2D eigenvalue weighted by atomic mass is 10.2. The molecule has 4 rings (SSSR count). The number of nitrogens with zero attached hydrogens (tertiary/aromatic N) is 3. The van der Waals surface area contributed by atoms with Crippen molar-refractivity contribution in [3.63, 3.8) is 0 Å². The van der Waals surface area contributed by atoms with E-state index in [1.165, 1.54) is 29.5 Å². The molecule has 0 fully saturated rings. The molecule has 1 amide bonds. The quantitative estimate of drug-likeness (QED) is 0.552. The molecule has 0 unspecified atom stereocenters. The third-order valence-electron chi connectivity index (χ3n) is 4.09. The summed E-state index contributed by atoms with van der Waals surface area (Å²) in [5.41, 5.74) is 0.724. The summed E-state index contributed by atoms with van der Waals surface area (Å²) in [6.45, 7) is 0.160. The number of fused-ring (bicyclic) bond motifs is 1. The smallest absolute Gasteiger partial charge is 0.257 e. The van der Waals surface area contributed by atoms with Crippen LogP contribution in [-0.2, 0) is 6.42 Å². The fraction of sp³-hybridized carbons (Fsp3) is 0.105. The van der Waals surface area contributed by atoms with Crippen LogP contribution in [0.25, 0.3) is 16.3 Å². The summed E-state index contributed by atoms with van der Waals surface area (Å²) < 4.78 is 42.3. The van der Waals surface area contributed by atoms with Gasteiger partial charge in [0, 0.05) is 23.9 Å². The molecule has 1 N–H and O–H groups in total. The summed E-state index contributed by atoms with van der Waals surface area (Å²) in [5.74, 6) is -2.62. The molecule has 28 heavy (non-hydrogen) atoms. The van der Waals surface area contributed by atoms with Gasteiger partial charge in [0.1, 0.15) is 23.0 Å². The van der Waals surface area contributed by atoms with Gasteiger partial charge in [0.25, 0.3) is 5.91 Å². The average molecular weight is 402 g/mol. The number of carbonyl (C=O) groups is 1. The van der Waals surface area contributed by atoms with E-state index < -0.39 is 23.1 Å². The Labute approximate surface area is 161 Å². The van der Waals surface area contributed by atoms with Crippen LogP contribution in [0.1, 0.15) is 16.1 Å². The molecule has 2 heterocycles. The molecule has 0 radical (unpaired) electrons. The Balaban J connectivity index is 1.47. The van der Waals surface area contributed by atoms with Crippen molar-refractivity contribution < 1.29 is 18.0 Å².